The molecule has 1 aromatic carbocycles. The Balaban J connectivity index is 2.52. The highest BCUT2D eigenvalue weighted by Crippen LogP contribution is 2.19. The third kappa shape index (κ3) is 4.28. The lowest BCUT2D eigenvalue weighted by molar-refractivity contribution is 0.0515. The molecule has 6 heteroatoms. The lowest BCUT2D eigenvalue weighted by atomic mass is 10.2. The lowest BCUT2D eigenvalue weighted by Crippen LogP contribution is -2.05. The molecule has 0 aliphatic rings. The molecule has 0 amide bonds. The number of benzene rings is 1. The van der Waals surface area contributed by atoms with Crippen molar-refractivity contribution in [3.63, 3.8) is 0 Å². The normalized spacial score (nSPS) is 10.8. The summed E-state index contributed by atoms with van der Waals surface area (Å²) in [5.41, 5.74) is 0.568. The zero-order valence-corrected chi connectivity index (χ0v) is 9.48. The van der Waals surface area contributed by atoms with Crippen LogP contribution in [0.15, 0.2) is 27.8 Å². The molecule has 0 aromatic heterocycles. The molecule has 5 nitrogen and oxygen atoms in total. The van der Waals surface area contributed by atoms with Gasteiger partial charge in [-0.25, -0.2) is 5.90 Å². The van der Waals surface area contributed by atoms with Gasteiger partial charge in [-0.3, -0.25) is 0 Å². The molecule has 0 radical (unpaired) electrons. The first-order valence-corrected chi connectivity index (χ1v) is 4.99. The highest BCUT2D eigenvalue weighted by molar-refractivity contribution is 9.10. The fourth-order valence-electron chi connectivity index (χ4n) is 0.861. The van der Waals surface area contributed by atoms with Gasteiger partial charge in [0, 0.05) is 10.0 Å². The van der Waals surface area contributed by atoms with Gasteiger partial charge in [-0.05, 0) is 18.2 Å². The zero-order chi connectivity index (χ0) is 11.1. The monoisotopic (exact) mass is 274 g/mol. The van der Waals surface area contributed by atoms with Crippen molar-refractivity contribution in [1.82, 2.24) is 0 Å². The van der Waals surface area contributed by atoms with Crippen LogP contribution in [0.4, 0.5) is 0 Å². The van der Waals surface area contributed by atoms with Gasteiger partial charge in [0.25, 0.3) is 0 Å². The van der Waals surface area contributed by atoms with Crippen molar-refractivity contribution >= 4 is 22.1 Å². The summed E-state index contributed by atoms with van der Waals surface area (Å²) in [7, 11) is 0. The predicted molar refractivity (Wildman–Crippen MR) is 59.5 cm³/mol. The van der Waals surface area contributed by atoms with Crippen LogP contribution in [0.3, 0.4) is 0 Å². The molecule has 0 spiro atoms. The van der Waals surface area contributed by atoms with E-state index in [1.165, 1.54) is 6.21 Å². The van der Waals surface area contributed by atoms with Gasteiger partial charge in [0.05, 0.1) is 6.21 Å². The average molecular weight is 275 g/mol. The minimum absolute atomic E-state index is 0.139. The van der Waals surface area contributed by atoms with Gasteiger partial charge in [0.2, 0.25) is 0 Å². The van der Waals surface area contributed by atoms with Crippen molar-refractivity contribution in [3.05, 3.63) is 28.2 Å². The van der Waals surface area contributed by atoms with Crippen molar-refractivity contribution in [2.24, 2.45) is 11.1 Å². The largest absolute Gasteiger partial charge is 0.507 e. The molecule has 3 N–H and O–H groups in total. The van der Waals surface area contributed by atoms with E-state index in [1.54, 1.807) is 18.2 Å². The summed E-state index contributed by atoms with van der Waals surface area (Å²) in [6.07, 6.45) is 1.41. The summed E-state index contributed by atoms with van der Waals surface area (Å²) in [6.45, 7) is 0.531. The Labute approximate surface area is 95.6 Å². The van der Waals surface area contributed by atoms with Crippen molar-refractivity contribution in [3.8, 4) is 5.75 Å². The second-order valence-electron chi connectivity index (χ2n) is 2.64. The minimum Gasteiger partial charge on any atom is -0.507 e. The first-order chi connectivity index (χ1) is 7.24. The fourth-order valence-corrected chi connectivity index (χ4v) is 1.24. The third-order valence-electron chi connectivity index (χ3n) is 1.55. The maximum Gasteiger partial charge on any atom is 0.142 e. The Morgan fingerprint density at radius 3 is 3.00 bits per heavy atom. The van der Waals surface area contributed by atoms with Crippen molar-refractivity contribution < 1.29 is 14.8 Å². The summed E-state index contributed by atoms with van der Waals surface area (Å²) in [5, 5.41) is 13.1. The highest BCUT2D eigenvalue weighted by Gasteiger charge is 1.98. The van der Waals surface area contributed by atoms with Crippen molar-refractivity contribution in [1.29, 1.82) is 0 Å². The number of aromatic hydroxyl groups is 1. The van der Waals surface area contributed by atoms with E-state index in [0.717, 1.165) is 4.47 Å². The van der Waals surface area contributed by atoms with Gasteiger partial charge in [-0.15, -0.1) is 0 Å². The number of nitrogens with zero attached hydrogens (tertiary/aromatic N) is 1. The van der Waals surface area contributed by atoms with Gasteiger partial charge < -0.3 is 14.8 Å². The third-order valence-corrected chi connectivity index (χ3v) is 2.04. The molecule has 0 heterocycles. The molecule has 1 aromatic rings. The highest BCUT2D eigenvalue weighted by atomic mass is 79.9. The molecule has 0 bridgehead atoms. The summed E-state index contributed by atoms with van der Waals surface area (Å²) in [6, 6.07) is 5.02. The molecule has 0 aliphatic heterocycles. The molecule has 0 unspecified atom stereocenters. The van der Waals surface area contributed by atoms with Gasteiger partial charge in [-0.2, -0.15) is 0 Å². The molecule has 0 atom stereocenters. The number of phenols is 1. The van der Waals surface area contributed by atoms with Crippen LogP contribution < -0.4 is 5.90 Å². The number of hydrogen-bond acceptors (Lipinski definition) is 5. The second-order valence-corrected chi connectivity index (χ2v) is 3.56. The van der Waals surface area contributed by atoms with E-state index >= 15 is 0 Å². The van der Waals surface area contributed by atoms with E-state index in [9.17, 15) is 5.11 Å². The number of rotatable bonds is 5. The van der Waals surface area contributed by atoms with Gasteiger partial charge in [0.1, 0.15) is 19.0 Å². The number of hydrogen-bond donors (Lipinski definition) is 2. The van der Waals surface area contributed by atoms with E-state index in [-0.39, 0.29) is 19.0 Å². The van der Waals surface area contributed by atoms with E-state index in [1.807, 2.05) is 0 Å². The quantitative estimate of drug-likeness (QED) is 0.483. The van der Waals surface area contributed by atoms with E-state index in [4.69, 9.17) is 10.7 Å². The van der Waals surface area contributed by atoms with E-state index < -0.39 is 0 Å². The number of oxime groups is 1. The Morgan fingerprint density at radius 1 is 1.47 bits per heavy atom. The summed E-state index contributed by atoms with van der Waals surface area (Å²) >= 11 is 3.28. The van der Waals surface area contributed by atoms with Crippen LogP contribution >= 0.6 is 15.9 Å². The first kappa shape index (κ1) is 12.0. The first-order valence-electron chi connectivity index (χ1n) is 4.19. The van der Waals surface area contributed by atoms with Crippen molar-refractivity contribution in [2.45, 2.75) is 0 Å². The Kier molecular flexibility index (Phi) is 5.09. The summed E-state index contributed by atoms with van der Waals surface area (Å²) < 4.78 is 0.854. The SMILES string of the molecule is NOCCO/N=C/c1cc(Br)ccc1O. The molecule has 82 valence electrons. The zero-order valence-electron chi connectivity index (χ0n) is 7.89. The molecule has 0 saturated carbocycles. The second kappa shape index (κ2) is 6.39. The standard InChI is InChI=1S/C9H11BrN2O3/c10-8-1-2-9(13)7(5-8)6-12-15-4-3-14-11/h1-2,5-6,13H,3-4,11H2/b12-6+. The van der Waals surface area contributed by atoms with Crippen LogP contribution in [0.2, 0.25) is 0 Å². The van der Waals surface area contributed by atoms with E-state index in [2.05, 4.69) is 25.9 Å². The van der Waals surface area contributed by atoms with Crippen LogP contribution in [0.25, 0.3) is 0 Å². The van der Waals surface area contributed by atoms with Crippen LogP contribution in [-0.4, -0.2) is 24.5 Å². The smallest absolute Gasteiger partial charge is 0.142 e. The molecular weight excluding hydrogens is 264 g/mol. The average Bonchev–Trinajstić information content (AvgIpc) is 2.23. The minimum atomic E-state index is 0.139. The molecule has 0 aliphatic carbocycles. The van der Waals surface area contributed by atoms with Crippen molar-refractivity contribution in [2.75, 3.05) is 13.2 Å². The summed E-state index contributed by atoms with van der Waals surface area (Å²) in [5.74, 6) is 4.93. The Morgan fingerprint density at radius 2 is 2.27 bits per heavy atom. The Hall–Kier alpha value is -1.11. The molecule has 1 rings (SSSR count). The van der Waals surface area contributed by atoms with Crippen LogP contribution in [0.1, 0.15) is 5.56 Å². The van der Waals surface area contributed by atoms with Crippen LogP contribution in [-0.2, 0) is 9.68 Å². The molecule has 15 heavy (non-hydrogen) atoms. The summed E-state index contributed by atoms with van der Waals surface area (Å²) in [4.78, 5) is 9.09. The number of phenolic OH excluding ortho intramolecular Hbond substituents is 1. The van der Waals surface area contributed by atoms with E-state index in [0.29, 0.717) is 5.56 Å². The molecule has 0 saturated heterocycles. The fraction of sp³-hybridized carbons (Fsp3) is 0.222. The molecule has 0 fully saturated rings. The van der Waals surface area contributed by atoms with Gasteiger partial charge >= 0.3 is 0 Å². The predicted octanol–water partition coefficient (Wildman–Crippen LogP) is 1.40. The number of nitrogens with two attached hydrogens (primary N) is 1. The topological polar surface area (TPSA) is 77.1 Å². The Bertz CT molecular complexity index is 344. The van der Waals surface area contributed by atoms with Crippen LogP contribution in [0, 0.1) is 0 Å². The number of halogens is 1. The maximum absolute atomic E-state index is 9.43. The van der Waals surface area contributed by atoms with Crippen LogP contribution in [0.5, 0.6) is 5.75 Å². The maximum atomic E-state index is 9.43. The van der Waals surface area contributed by atoms with Gasteiger partial charge in [0.15, 0.2) is 0 Å². The lowest BCUT2D eigenvalue weighted by Gasteiger charge is -1.99. The molecular formula is C9H11BrN2O3. The van der Waals surface area contributed by atoms with Gasteiger partial charge in [-0.1, -0.05) is 21.1 Å².